The van der Waals surface area contributed by atoms with Crippen LogP contribution in [0.1, 0.15) is 25.0 Å². The van der Waals surface area contributed by atoms with Crippen LogP contribution in [0.25, 0.3) is 0 Å². The lowest BCUT2D eigenvalue weighted by molar-refractivity contribution is -0.141. The van der Waals surface area contributed by atoms with Gasteiger partial charge < -0.3 is 10.2 Å². The third-order valence-corrected chi connectivity index (χ3v) is 4.24. The smallest absolute Gasteiger partial charge is 0.356 e. The molecule has 0 bridgehead atoms. The van der Waals surface area contributed by atoms with Crippen molar-refractivity contribution in [2.45, 2.75) is 31.5 Å². The van der Waals surface area contributed by atoms with Gasteiger partial charge in [-0.25, -0.2) is 4.98 Å². The van der Waals surface area contributed by atoms with Crippen LogP contribution in [-0.2, 0) is 6.18 Å². The predicted molar refractivity (Wildman–Crippen MR) is 70.6 cm³/mol. The second-order valence-electron chi connectivity index (χ2n) is 5.58. The minimum Gasteiger partial charge on any atom is -0.356 e. The molecule has 0 amide bonds. The van der Waals surface area contributed by atoms with Gasteiger partial charge in [-0.2, -0.15) is 13.2 Å². The normalized spacial score (nSPS) is 27.2. The van der Waals surface area contributed by atoms with Crippen LogP contribution in [-0.4, -0.2) is 30.7 Å². The van der Waals surface area contributed by atoms with Crippen molar-refractivity contribution < 1.29 is 13.2 Å². The summed E-state index contributed by atoms with van der Waals surface area (Å²) < 4.78 is 38.1. The number of anilines is 1. The molecule has 2 atom stereocenters. The Hall–Kier alpha value is -1.30. The van der Waals surface area contributed by atoms with Crippen LogP contribution < -0.4 is 10.2 Å². The summed E-state index contributed by atoms with van der Waals surface area (Å²) in [4.78, 5) is 5.78. The van der Waals surface area contributed by atoms with Gasteiger partial charge in [-0.05, 0) is 43.9 Å². The highest BCUT2D eigenvalue weighted by Gasteiger charge is 2.34. The molecule has 0 aliphatic carbocycles. The summed E-state index contributed by atoms with van der Waals surface area (Å²) >= 11 is 0. The van der Waals surface area contributed by atoms with E-state index in [0.29, 0.717) is 17.8 Å². The summed E-state index contributed by atoms with van der Waals surface area (Å²) in [6, 6.07) is 4.66. The molecule has 3 heterocycles. The van der Waals surface area contributed by atoms with E-state index in [1.165, 1.54) is 6.07 Å². The molecule has 2 unspecified atom stereocenters. The maximum Gasteiger partial charge on any atom is 0.433 e. The average molecular weight is 285 g/mol. The van der Waals surface area contributed by atoms with E-state index >= 15 is 0 Å². The minimum absolute atomic E-state index is 0.448. The first-order valence-electron chi connectivity index (χ1n) is 7.06. The number of aromatic nitrogens is 1. The highest BCUT2D eigenvalue weighted by molar-refractivity contribution is 5.40. The molecular weight excluding hydrogens is 267 g/mol. The fourth-order valence-corrected chi connectivity index (χ4v) is 3.21. The Morgan fingerprint density at radius 3 is 2.90 bits per heavy atom. The molecule has 2 aliphatic rings. The van der Waals surface area contributed by atoms with Crippen molar-refractivity contribution in [3.63, 3.8) is 0 Å². The zero-order valence-corrected chi connectivity index (χ0v) is 11.2. The molecule has 0 spiro atoms. The van der Waals surface area contributed by atoms with Crippen molar-refractivity contribution in [2.75, 3.05) is 24.5 Å². The number of alkyl halides is 3. The summed E-state index contributed by atoms with van der Waals surface area (Å²) in [5, 5.41) is 3.50. The Balaban J connectivity index is 1.76. The number of halogens is 3. The van der Waals surface area contributed by atoms with E-state index in [1.54, 1.807) is 6.07 Å². The van der Waals surface area contributed by atoms with E-state index in [0.717, 1.165) is 45.0 Å². The third-order valence-electron chi connectivity index (χ3n) is 4.24. The predicted octanol–water partition coefficient (Wildman–Crippen LogP) is 2.68. The summed E-state index contributed by atoms with van der Waals surface area (Å²) in [6.07, 6.45) is -1.11. The number of hydrogen-bond acceptors (Lipinski definition) is 3. The van der Waals surface area contributed by atoms with Gasteiger partial charge in [0.15, 0.2) is 0 Å². The second-order valence-corrected chi connectivity index (χ2v) is 5.58. The van der Waals surface area contributed by atoms with Crippen molar-refractivity contribution in [1.29, 1.82) is 0 Å². The average Bonchev–Trinajstić information content (AvgIpc) is 2.46. The van der Waals surface area contributed by atoms with Crippen LogP contribution in [0.4, 0.5) is 19.0 Å². The zero-order chi connectivity index (χ0) is 14.2. The first-order chi connectivity index (χ1) is 9.54. The molecule has 2 fully saturated rings. The molecule has 1 aromatic rings. The van der Waals surface area contributed by atoms with Gasteiger partial charge in [0, 0.05) is 19.1 Å². The summed E-state index contributed by atoms with van der Waals surface area (Å²) in [5.74, 6) is 0.970. The third kappa shape index (κ3) is 2.75. The van der Waals surface area contributed by atoms with Gasteiger partial charge in [0.05, 0.1) is 0 Å². The molecule has 110 valence electrons. The second kappa shape index (κ2) is 5.24. The van der Waals surface area contributed by atoms with Gasteiger partial charge in [-0.3, -0.25) is 0 Å². The first kappa shape index (κ1) is 13.7. The highest BCUT2D eigenvalue weighted by atomic mass is 19.4. The zero-order valence-electron chi connectivity index (χ0n) is 11.2. The van der Waals surface area contributed by atoms with E-state index in [1.807, 2.05) is 4.90 Å². The van der Waals surface area contributed by atoms with Gasteiger partial charge in [-0.15, -0.1) is 0 Å². The van der Waals surface area contributed by atoms with Crippen LogP contribution in [0.5, 0.6) is 0 Å². The van der Waals surface area contributed by atoms with Crippen molar-refractivity contribution in [2.24, 2.45) is 5.92 Å². The van der Waals surface area contributed by atoms with E-state index in [2.05, 4.69) is 10.3 Å². The Bertz CT molecular complexity index is 475. The van der Waals surface area contributed by atoms with Crippen molar-refractivity contribution in [3.8, 4) is 0 Å². The number of piperidine rings is 2. The van der Waals surface area contributed by atoms with E-state index in [9.17, 15) is 13.2 Å². The number of hydrogen-bond donors (Lipinski definition) is 1. The molecule has 0 saturated carbocycles. The van der Waals surface area contributed by atoms with Gasteiger partial charge >= 0.3 is 6.18 Å². The molecule has 20 heavy (non-hydrogen) atoms. The lowest BCUT2D eigenvalue weighted by Crippen LogP contribution is -2.52. The van der Waals surface area contributed by atoms with Gasteiger partial charge in [0.2, 0.25) is 0 Å². The Kier molecular flexibility index (Phi) is 3.58. The Morgan fingerprint density at radius 1 is 1.25 bits per heavy atom. The Labute approximate surface area is 116 Å². The number of rotatable bonds is 1. The summed E-state index contributed by atoms with van der Waals surface area (Å²) in [6.45, 7) is 2.62. The largest absolute Gasteiger partial charge is 0.433 e. The summed E-state index contributed by atoms with van der Waals surface area (Å²) in [5.41, 5.74) is -0.807. The quantitative estimate of drug-likeness (QED) is 0.860. The standard InChI is InChI=1S/C14H18F3N3/c15-14(16,17)12-4-1-5-13(19-12)20-8-6-11-10(9-20)3-2-7-18-11/h1,4-5,10-11,18H,2-3,6-9H2. The maximum atomic E-state index is 12.7. The van der Waals surface area contributed by atoms with E-state index in [4.69, 9.17) is 0 Å². The van der Waals surface area contributed by atoms with Crippen molar-refractivity contribution in [1.82, 2.24) is 10.3 Å². The molecule has 2 saturated heterocycles. The molecule has 1 aromatic heterocycles. The molecule has 1 N–H and O–H groups in total. The summed E-state index contributed by atoms with van der Waals surface area (Å²) in [7, 11) is 0. The topological polar surface area (TPSA) is 28.2 Å². The number of nitrogens with one attached hydrogen (secondary N) is 1. The SMILES string of the molecule is FC(F)(F)c1cccc(N2CCC3NCCCC3C2)n1. The van der Waals surface area contributed by atoms with Crippen LogP contribution in [0, 0.1) is 5.92 Å². The number of fused-ring (bicyclic) bond motifs is 1. The van der Waals surface area contributed by atoms with E-state index in [-0.39, 0.29) is 0 Å². The lowest BCUT2D eigenvalue weighted by Gasteiger charge is -2.42. The van der Waals surface area contributed by atoms with Crippen LogP contribution >= 0.6 is 0 Å². The molecule has 2 aliphatic heterocycles. The van der Waals surface area contributed by atoms with Crippen molar-refractivity contribution in [3.05, 3.63) is 23.9 Å². The first-order valence-corrected chi connectivity index (χ1v) is 7.06. The lowest BCUT2D eigenvalue weighted by atomic mass is 9.85. The number of nitrogens with zero attached hydrogens (tertiary/aromatic N) is 2. The van der Waals surface area contributed by atoms with Gasteiger partial charge in [-0.1, -0.05) is 6.07 Å². The molecule has 0 aromatic carbocycles. The fourth-order valence-electron chi connectivity index (χ4n) is 3.21. The monoisotopic (exact) mass is 285 g/mol. The van der Waals surface area contributed by atoms with Crippen LogP contribution in [0.3, 0.4) is 0 Å². The van der Waals surface area contributed by atoms with Crippen LogP contribution in [0.15, 0.2) is 18.2 Å². The molecular formula is C14H18F3N3. The maximum absolute atomic E-state index is 12.7. The fraction of sp³-hybridized carbons (Fsp3) is 0.643. The molecule has 0 radical (unpaired) electrons. The van der Waals surface area contributed by atoms with Gasteiger partial charge in [0.25, 0.3) is 0 Å². The highest BCUT2D eigenvalue weighted by Crippen LogP contribution is 2.31. The Morgan fingerprint density at radius 2 is 2.10 bits per heavy atom. The van der Waals surface area contributed by atoms with E-state index < -0.39 is 11.9 Å². The van der Waals surface area contributed by atoms with Crippen molar-refractivity contribution >= 4 is 5.82 Å². The molecule has 3 nitrogen and oxygen atoms in total. The molecule has 6 heteroatoms. The van der Waals surface area contributed by atoms with Crippen LogP contribution in [0.2, 0.25) is 0 Å². The van der Waals surface area contributed by atoms with Gasteiger partial charge in [0.1, 0.15) is 11.5 Å². The number of pyridine rings is 1. The molecule has 3 rings (SSSR count). The minimum atomic E-state index is -4.37.